The van der Waals surface area contributed by atoms with Crippen molar-refractivity contribution < 1.29 is 29.0 Å². The number of aliphatic hydroxyl groups excluding tert-OH is 1. The van der Waals surface area contributed by atoms with E-state index in [0.29, 0.717) is 33.0 Å². The maximum Gasteiger partial charge on any atom is 0.294 e. The number of hydrogen-bond acceptors (Lipinski definition) is 6. The van der Waals surface area contributed by atoms with Gasteiger partial charge in [0.15, 0.2) is 22.9 Å². The molecule has 8 heteroatoms. The number of carbonyl (C=O) groups is 2. The Morgan fingerprint density at radius 3 is 2.41 bits per heavy atom. The van der Waals surface area contributed by atoms with E-state index in [1.54, 1.807) is 54.6 Å². The van der Waals surface area contributed by atoms with Crippen LogP contribution < -0.4 is 9.64 Å². The fourth-order valence-electron chi connectivity index (χ4n) is 4.15. The van der Waals surface area contributed by atoms with E-state index in [-0.39, 0.29) is 17.1 Å². The molecule has 0 fully saturated rings. The number of nitrogens with zero attached hydrogens (tertiary/aromatic N) is 1. The van der Waals surface area contributed by atoms with E-state index >= 15 is 0 Å². The SMILES string of the molecule is COc1cc(Cl)cc2cc(C(=O)C3=C(O)C(=O)N(c4ccccc4)C3c3ccc(O)cc3)oc12. The number of para-hydroxylation sites is 1. The normalized spacial score (nSPS) is 15.9. The average molecular weight is 476 g/mol. The van der Waals surface area contributed by atoms with Crippen molar-refractivity contribution in [1.29, 1.82) is 0 Å². The van der Waals surface area contributed by atoms with Crippen LogP contribution in [0.1, 0.15) is 22.2 Å². The highest BCUT2D eigenvalue weighted by molar-refractivity contribution is 6.31. The molecule has 4 aromatic rings. The first-order valence-corrected chi connectivity index (χ1v) is 10.7. The van der Waals surface area contributed by atoms with Gasteiger partial charge in [-0.05, 0) is 42.0 Å². The second-order valence-electron chi connectivity index (χ2n) is 7.73. The molecule has 1 amide bonds. The zero-order chi connectivity index (χ0) is 24.0. The Bertz CT molecular complexity index is 1460. The number of carbonyl (C=O) groups excluding carboxylic acids is 2. The number of benzene rings is 3. The summed E-state index contributed by atoms with van der Waals surface area (Å²) in [4.78, 5) is 28.2. The summed E-state index contributed by atoms with van der Waals surface area (Å²) in [5, 5.41) is 21.5. The molecule has 0 aliphatic carbocycles. The molecule has 2 N–H and O–H groups in total. The molecule has 0 spiro atoms. The van der Waals surface area contributed by atoms with Gasteiger partial charge < -0.3 is 19.4 Å². The molecule has 0 saturated heterocycles. The number of fused-ring (bicyclic) bond motifs is 1. The third kappa shape index (κ3) is 3.47. The molecule has 2 heterocycles. The summed E-state index contributed by atoms with van der Waals surface area (Å²) in [5.41, 5.74) is 1.21. The summed E-state index contributed by atoms with van der Waals surface area (Å²) in [6, 6.07) is 18.6. The summed E-state index contributed by atoms with van der Waals surface area (Å²) in [6.45, 7) is 0. The third-order valence-electron chi connectivity index (χ3n) is 5.69. The number of aromatic hydroxyl groups is 1. The molecule has 34 heavy (non-hydrogen) atoms. The number of Topliss-reactive ketones (excluding diaryl/α,β-unsaturated/α-hetero) is 1. The molecule has 1 unspecified atom stereocenters. The largest absolute Gasteiger partial charge is 0.508 e. The average Bonchev–Trinajstić information content (AvgIpc) is 3.38. The van der Waals surface area contributed by atoms with Gasteiger partial charge in [-0.15, -0.1) is 0 Å². The van der Waals surface area contributed by atoms with Crippen molar-refractivity contribution in [3.8, 4) is 11.5 Å². The van der Waals surface area contributed by atoms with Crippen molar-refractivity contribution in [2.45, 2.75) is 6.04 Å². The number of rotatable bonds is 5. The van der Waals surface area contributed by atoms with Crippen LogP contribution in [-0.4, -0.2) is 29.0 Å². The molecule has 3 aromatic carbocycles. The molecular weight excluding hydrogens is 458 g/mol. The number of amides is 1. The zero-order valence-electron chi connectivity index (χ0n) is 17.9. The topological polar surface area (TPSA) is 100 Å². The van der Waals surface area contributed by atoms with E-state index in [2.05, 4.69) is 0 Å². The molecule has 7 nitrogen and oxygen atoms in total. The summed E-state index contributed by atoms with van der Waals surface area (Å²) in [5.74, 6) is -1.74. The molecule has 5 rings (SSSR count). The fraction of sp³-hybridized carbons (Fsp3) is 0.0769. The lowest BCUT2D eigenvalue weighted by atomic mass is 9.94. The van der Waals surface area contributed by atoms with Crippen LogP contribution in [0.15, 0.2) is 88.5 Å². The van der Waals surface area contributed by atoms with Gasteiger partial charge in [-0.2, -0.15) is 0 Å². The van der Waals surface area contributed by atoms with Crippen LogP contribution in [0.5, 0.6) is 11.5 Å². The van der Waals surface area contributed by atoms with Gasteiger partial charge in [0.05, 0.1) is 18.7 Å². The predicted molar refractivity (Wildman–Crippen MR) is 127 cm³/mol. The molecular formula is C26H18ClNO6. The number of ketones is 1. The molecule has 0 bridgehead atoms. The minimum atomic E-state index is -0.943. The van der Waals surface area contributed by atoms with Crippen LogP contribution >= 0.6 is 11.6 Å². The Labute approximate surface area is 199 Å². The van der Waals surface area contributed by atoms with E-state index in [9.17, 15) is 19.8 Å². The van der Waals surface area contributed by atoms with Gasteiger partial charge in [0, 0.05) is 22.2 Å². The number of ether oxygens (including phenoxy) is 1. The van der Waals surface area contributed by atoms with E-state index in [0.717, 1.165) is 0 Å². The summed E-state index contributed by atoms with van der Waals surface area (Å²) < 4.78 is 11.1. The monoisotopic (exact) mass is 475 g/mol. The number of anilines is 1. The fourth-order valence-corrected chi connectivity index (χ4v) is 4.36. The van der Waals surface area contributed by atoms with E-state index < -0.39 is 23.5 Å². The van der Waals surface area contributed by atoms with E-state index in [1.165, 1.54) is 30.2 Å². The number of phenols is 1. The van der Waals surface area contributed by atoms with E-state index in [1.807, 2.05) is 0 Å². The first kappa shape index (κ1) is 21.6. The maximum absolute atomic E-state index is 13.7. The summed E-state index contributed by atoms with van der Waals surface area (Å²) in [6.07, 6.45) is 0. The Morgan fingerprint density at radius 2 is 1.74 bits per heavy atom. The minimum absolute atomic E-state index is 0.0293. The number of furan rings is 1. The minimum Gasteiger partial charge on any atom is -0.508 e. The first-order valence-electron chi connectivity index (χ1n) is 10.3. The Balaban J connectivity index is 1.66. The van der Waals surface area contributed by atoms with Crippen molar-refractivity contribution in [3.63, 3.8) is 0 Å². The van der Waals surface area contributed by atoms with Gasteiger partial charge in [0.2, 0.25) is 5.78 Å². The van der Waals surface area contributed by atoms with Gasteiger partial charge >= 0.3 is 0 Å². The van der Waals surface area contributed by atoms with Crippen LogP contribution in [0.25, 0.3) is 11.0 Å². The van der Waals surface area contributed by atoms with E-state index in [4.69, 9.17) is 20.8 Å². The van der Waals surface area contributed by atoms with Gasteiger partial charge in [0.25, 0.3) is 5.91 Å². The number of aliphatic hydroxyl groups is 1. The highest BCUT2D eigenvalue weighted by Crippen LogP contribution is 2.43. The van der Waals surface area contributed by atoms with Crippen molar-refractivity contribution >= 4 is 39.9 Å². The van der Waals surface area contributed by atoms with Crippen LogP contribution in [0, 0.1) is 0 Å². The lowest BCUT2D eigenvalue weighted by Crippen LogP contribution is -2.30. The van der Waals surface area contributed by atoms with Gasteiger partial charge in [-0.3, -0.25) is 14.5 Å². The van der Waals surface area contributed by atoms with Crippen LogP contribution in [0.4, 0.5) is 5.69 Å². The van der Waals surface area contributed by atoms with Crippen molar-refractivity contribution in [2.24, 2.45) is 0 Å². The lowest BCUT2D eigenvalue weighted by molar-refractivity contribution is -0.117. The Morgan fingerprint density at radius 1 is 1.03 bits per heavy atom. The second-order valence-corrected chi connectivity index (χ2v) is 8.17. The first-order chi connectivity index (χ1) is 16.4. The predicted octanol–water partition coefficient (Wildman–Crippen LogP) is 5.58. The standard InChI is InChI=1S/C26H18ClNO6/c1-33-20-13-16(27)11-15-12-19(34-25(15)20)23(30)21-22(14-7-9-18(29)10-8-14)28(26(32)24(21)31)17-5-3-2-4-6-17/h2-13,22,29,31H,1H3. The van der Waals surface area contributed by atoms with Crippen molar-refractivity contribution in [1.82, 2.24) is 0 Å². The van der Waals surface area contributed by atoms with Crippen molar-refractivity contribution in [3.05, 3.63) is 100 Å². The molecule has 1 aliphatic rings. The number of halogens is 1. The van der Waals surface area contributed by atoms with Crippen molar-refractivity contribution in [2.75, 3.05) is 12.0 Å². The summed E-state index contributed by atoms with van der Waals surface area (Å²) >= 11 is 6.14. The van der Waals surface area contributed by atoms with Crippen LogP contribution in [0.3, 0.4) is 0 Å². The summed E-state index contributed by atoms with van der Waals surface area (Å²) in [7, 11) is 1.46. The second kappa shape index (κ2) is 8.28. The molecule has 1 aromatic heterocycles. The Kier molecular flexibility index (Phi) is 5.26. The highest BCUT2D eigenvalue weighted by atomic mass is 35.5. The number of methoxy groups -OCH3 is 1. The molecule has 1 atom stereocenters. The molecule has 0 radical (unpaired) electrons. The van der Waals surface area contributed by atoms with Crippen LogP contribution in [0.2, 0.25) is 5.02 Å². The molecule has 0 saturated carbocycles. The maximum atomic E-state index is 13.7. The number of hydrogen-bond donors (Lipinski definition) is 2. The zero-order valence-corrected chi connectivity index (χ0v) is 18.6. The quantitative estimate of drug-likeness (QED) is 0.365. The van der Waals surface area contributed by atoms with Gasteiger partial charge in [-0.25, -0.2) is 0 Å². The molecule has 170 valence electrons. The molecule has 1 aliphatic heterocycles. The number of phenolic OH excluding ortho intramolecular Hbond substituents is 1. The third-order valence-corrected chi connectivity index (χ3v) is 5.90. The smallest absolute Gasteiger partial charge is 0.294 e. The van der Waals surface area contributed by atoms with Gasteiger partial charge in [-0.1, -0.05) is 41.9 Å². The van der Waals surface area contributed by atoms with Crippen LogP contribution in [-0.2, 0) is 4.79 Å². The lowest BCUT2D eigenvalue weighted by Gasteiger charge is -2.26. The van der Waals surface area contributed by atoms with Gasteiger partial charge in [0.1, 0.15) is 5.75 Å². The Hall–Kier alpha value is -4.23. The highest BCUT2D eigenvalue weighted by Gasteiger charge is 2.45.